The molecule has 26 heavy (non-hydrogen) atoms. The summed E-state index contributed by atoms with van der Waals surface area (Å²) in [6.45, 7) is 15.6. The first-order valence-corrected chi connectivity index (χ1v) is 10.1. The SMILES string of the molecule is C=C1CC[C@@H]2[C@]3(C)COC(C)(C)O[C@@H]3CC[C@@]2(C)[C@@H]1CCC(C)[N+](=O)[O-]. The first-order valence-electron chi connectivity index (χ1n) is 10.1. The van der Waals surface area contributed by atoms with Crippen LogP contribution in [-0.2, 0) is 9.47 Å². The Morgan fingerprint density at radius 2 is 1.96 bits per heavy atom. The van der Waals surface area contributed by atoms with Crippen LogP contribution in [0.2, 0.25) is 0 Å². The molecular weight excluding hydrogens is 330 g/mol. The van der Waals surface area contributed by atoms with Crippen molar-refractivity contribution in [2.45, 2.75) is 91.1 Å². The summed E-state index contributed by atoms with van der Waals surface area (Å²) < 4.78 is 12.4. The molecular formula is C21H35NO4. The van der Waals surface area contributed by atoms with Crippen LogP contribution >= 0.6 is 0 Å². The van der Waals surface area contributed by atoms with Gasteiger partial charge in [0.1, 0.15) is 0 Å². The van der Waals surface area contributed by atoms with Gasteiger partial charge in [0.05, 0.1) is 12.7 Å². The van der Waals surface area contributed by atoms with E-state index >= 15 is 0 Å². The Labute approximate surface area is 157 Å². The maximum atomic E-state index is 11.1. The molecule has 0 aromatic heterocycles. The van der Waals surface area contributed by atoms with Crippen LogP contribution in [0, 0.1) is 32.8 Å². The highest BCUT2D eigenvalue weighted by Gasteiger charge is 2.60. The first kappa shape index (κ1) is 19.8. The minimum Gasteiger partial charge on any atom is -0.350 e. The van der Waals surface area contributed by atoms with Crippen LogP contribution in [0.1, 0.15) is 73.1 Å². The zero-order valence-corrected chi connectivity index (χ0v) is 17.0. The summed E-state index contributed by atoms with van der Waals surface area (Å²) in [5.74, 6) is 0.360. The second-order valence-corrected chi connectivity index (χ2v) is 9.86. The van der Waals surface area contributed by atoms with Crippen molar-refractivity contribution in [2.75, 3.05) is 6.61 Å². The van der Waals surface area contributed by atoms with Crippen LogP contribution < -0.4 is 0 Å². The molecule has 1 unspecified atom stereocenters. The number of hydrogen-bond acceptors (Lipinski definition) is 4. The van der Waals surface area contributed by atoms with Gasteiger partial charge in [-0.3, -0.25) is 10.1 Å². The zero-order valence-electron chi connectivity index (χ0n) is 17.0. The van der Waals surface area contributed by atoms with Gasteiger partial charge in [-0.2, -0.15) is 0 Å². The van der Waals surface area contributed by atoms with Crippen LogP contribution in [0.5, 0.6) is 0 Å². The largest absolute Gasteiger partial charge is 0.350 e. The van der Waals surface area contributed by atoms with Crippen molar-refractivity contribution in [3.63, 3.8) is 0 Å². The van der Waals surface area contributed by atoms with Gasteiger partial charge in [-0.1, -0.05) is 26.0 Å². The molecule has 0 spiro atoms. The minimum atomic E-state index is -0.503. The standard InChI is InChI=1S/C21H35NO4/c1-14-7-10-17-20(5,16(14)9-8-15(2)22(23)24)12-11-18-21(17,6)13-25-19(3,4)26-18/h15-18H,1,7-13H2,2-6H3/t15?,16-,17+,18-,20+,21+/m1/s1. The van der Waals surface area contributed by atoms with Crippen molar-refractivity contribution in [3.8, 4) is 0 Å². The fraction of sp³-hybridized carbons (Fsp3) is 0.905. The molecule has 1 heterocycles. The van der Waals surface area contributed by atoms with E-state index in [0.29, 0.717) is 18.3 Å². The third-order valence-electron chi connectivity index (χ3n) is 7.71. The fourth-order valence-corrected chi connectivity index (χ4v) is 6.11. The smallest absolute Gasteiger partial charge is 0.210 e. The van der Waals surface area contributed by atoms with E-state index in [-0.39, 0.29) is 21.9 Å². The van der Waals surface area contributed by atoms with Gasteiger partial charge in [-0.05, 0) is 63.2 Å². The van der Waals surface area contributed by atoms with E-state index in [1.165, 1.54) is 5.57 Å². The number of allylic oxidation sites excluding steroid dienone is 1. The fourth-order valence-electron chi connectivity index (χ4n) is 6.11. The summed E-state index contributed by atoms with van der Waals surface area (Å²) in [5, 5.41) is 11.1. The number of fused-ring (bicyclic) bond motifs is 3. The van der Waals surface area contributed by atoms with Gasteiger partial charge in [0.2, 0.25) is 6.04 Å². The Hall–Kier alpha value is -0.940. The van der Waals surface area contributed by atoms with Crippen molar-refractivity contribution in [1.82, 2.24) is 0 Å². The lowest BCUT2D eigenvalue weighted by Gasteiger charge is -2.63. The molecule has 0 aromatic carbocycles. The molecule has 6 atom stereocenters. The first-order chi connectivity index (χ1) is 12.0. The Balaban J connectivity index is 1.83. The van der Waals surface area contributed by atoms with Gasteiger partial charge in [0.25, 0.3) is 0 Å². The van der Waals surface area contributed by atoms with Crippen LogP contribution in [0.3, 0.4) is 0 Å². The molecule has 3 fully saturated rings. The molecule has 5 heteroatoms. The Morgan fingerprint density at radius 1 is 1.27 bits per heavy atom. The van der Waals surface area contributed by atoms with Crippen LogP contribution in [0.25, 0.3) is 0 Å². The van der Waals surface area contributed by atoms with E-state index in [1.54, 1.807) is 6.92 Å². The Kier molecular flexibility index (Phi) is 5.02. The number of ether oxygens (including phenoxy) is 2. The molecule has 1 saturated heterocycles. The van der Waals surface area contributed by atoms with E-state index in [9.17, 15) is 10.1 Å². The monoisotopic (exact) mass is 365 g/mol. The van der Waals surface area contributed by atoms with Crippen molar-refractivity contribution in [2.24, 2.45) is 22.7 Å². The maximum absolute atomic E-state index is 11.1. The summed E-state index contributed by atoms with van der Waals surface area (Å²) in [6.07, 6.45) is 5.99. The normalized spacial score (nSPS) is 43.3. The van der Waals surface area contributed by atoms with Crippen molar-refractivity contribution < 1.29 is 14.4 Å². The molecule has 0 aromatic rings. The van der Waals surface area contributed by atoms with Gasteiger partial charge in [0.15, 0.2) is 5.79 Å². The molecule has 2 saturated carbocycles. The number of rotatable bonds is 4. The number of nitrogens with zero attached hydrogens (tertiary/aromatic N) is 1. The number of hydrogen-bond donors (Lipinski definition) is 0. The maximum Gasteiger partial charge on any atom is 0.210 e. The molecule has 148 valence electrons. The molecule has 0 bridgehead atoms. The van der Waals surface area contributed by atoms with Gasteiger partial charge in [0, 0.05) is 23.7 Å². The molecule has 0 amide bonds. The highest BCUT2D eigenvalue weighted by molar-refractivity contribution is 5.18. The molecule has 2 aliphatic carbocycles. The minimum absolute atomic E-state index is 0.0101. The molecule has 0 radical (unpaired) electrons. The summed E-state index contributed by atoms with van der Waals surface area (Å²) in [4.78, 5) is 10.9. The van der Waals surface area contributed by atoms with E-state index < -0.39 is 11.8 Å². The molecule has 5 nitrogen and oxygen atoms in total. The highest BCUT2D eigenvalue weighted by Crippen LogP contribution is 2.63. The predicted octanol–water partition coefficient (Wildman–Crippen LogP) is 4.97. The van der Waals surface area contributed by atoms with Gasteiger partial charge in [-0.25, -0.2) is 0 Å². The summed E-state index contributed by atoms with van der Waals surface area (Å²) >= 11 is 0. The summed E-state index contributed by atoms with van der Waals surface area (Å²) in [6, 6.07) is -0.485. The average molecular weight is 366 g/mol. The molecule has 3 rings (SSSR count). The lowest BCUT2D eigenvalue weighted by Crippen LogP contribution is -2.63. The van der Waals surface area contributed by atoms with E-state index in [4.69, 9.17) is 9.47 Å². The van der Waals surface area contributed by atoms with Crippen molar-refractivity contribution >= 4 is 0 Å². The van der Waals surface area contributed by atoms with Gasteiger partial charge >= 0.3 is 0 Å². The van der Waals surface area contributed by atoms with Crippen LogP contribution in [-0.4, -0.2) is 29.5 Å². The van der Waals surface area contributed by atoms with E-state index in [1.807, 2.05) is 13.8 Å². The quantitative estimate of drug-likeness (QED) is 0.401. The molecule has 0 N–H and O–H groups in total. The topological polar surface area (TPSA) is 61.6 Å². The van der Waals surface area contributed by atoms with Crippen LogP contribution in [0.4, 0.5) is 0 Å². The second-order valence-electron chi connectivity index (χ2n) is 9.86. The number of nitro groups is 1. The Morgan fingerprint density at radius 3 is 2.62 bits per heavy atom. The predicted molar refractivity (Wildman–Crippen MR) is 101 cm³/mol. The average Bonchev–Trinajstić information content (AvgIpc) is 2.54. The summed E-state index contributed by atoms with van der Waals surface area (Å²) in [5.41, 5.74) is 1.43. The third-order valence-corrected chi connectivity index (χ3v) is 7.71. The van der Waals surface area contributed by atoms with E-state index in [0.717, 1.165) is 38.7 Å². The summed E-state index contributed by atoms with van der Waals surface area (Å²) in [7, 11) is 0. The second kappa shape index (κ2) is 6.59. The Bertz CT molecular complexity index is 589. The van der Waals surface area contributed by atoms with Crippen molar-refractivity contribution in [1.29, 1.82) is 0 Å². The highest BCUT2D eigenvalue weighted by atomic mass is 16.7. The van der Waals surface area contributed by atoms with Gasteiger partial charge < -0.3 is 9.47 Å². The van der Waals surface area contributed by atoms with Gasteiger partial charge in [-0.15, -0.1) is 0 Å². The zero-order chi connectivity index (χ0) is 19.3. The molecule has 1 aliphatic heterocycles. The van der Waals surface area contributed by atoms with E-state index in [2.05, 4.69) is 20.4 Å². The van der Waals surface area contributed by atoms with Crippen LogP contribution in [0.15, 0.2) is 12.2 Å². The van der Waals surface area contributed by atoms with Crippen molar-refractivity contribution in [3.05, 3.63) is 22.3 Å². The lowest BCUT2D eigenvalue weighted by molar-refractivity contribution is -0.519. The molecule has 3 aliphatic rings. The lowest BCUT2D eigenvalue weighted by atomic mass is 9.46. The third kappa shape index (κ3) is 3.22.